The molecule has 2 aromatic carbocycles. The van der Waals surface area contributed by atoms with Crippen molar-refractivity contribution in [3.05, 3.63) is 59.4 Å². The Balaban J connectivity index is 1.34. The largest absolute Gasteiger partial charge is 0.490 e. The van der Waals surface area contributed by atoms with Crippen LogP contribution in [0.25, 0.3) is 0 Å². The molecule has 1 aliphatic rings. The van der Waals surface area contributed by atoms with Gasteiger partial charge in [-0.2, -0.15) is 0 Å². The van der Waals surface area contributed by atoms with Gasteiger partial charge in [-0.1, -0.05) is 29.8 Å². The first-order chi connectivity index (χ1) is 13.1. The van der Waals surface area contributed by atoms with E-state index in [1.165, 1.54) is 6.07 Å². The molecule has 1 aliphatic heterocycles. The highest BCUT2D eigenvalue weighted by Crippen LogP contribution is 2.20. The van der Waals surface area contributed by atoms with Crippen LogP contribution in [0.3, 0.4) is 0 Å². The minimum Gasteiger partial charge on any atom is -0.490 e. The van der Waals surface area contributed by atoms with Gasteiger partial charge in [-0.15, -0.1) is 0 Å². The molecule has 0 radical (unpaired) electrons. The van der Waals surface area contributed by atoms with Gasteiger partial charge >= 0.3 is 6.03 Å². The molecule has 1 fully saturated rings. The van der Waals surface area contributed by atoms with E-state index in [2.05, 4.69) is 10.2 Å². The SMILES string of the molecule is O=C(NCCCOc1ccccc1F)N1CCN(c2cccc(Cl)c2)CC1. The lowest BCUT2D eigenvalue weighted by Crippen LogP contribution is -2.52. The Hall–Kier alpha value is -2.47. The number of hydrogen-bond donors (Lipinski definition) is 1. The number of amides is 2. The number of urea groups is 1. The zero-order valence-corrected chi connectivity index (χ0v) is 15.8. The van der Waals surface area contributed by atoms with Crippen molar-refractivity contribution in [1.29, 1.82) is 0 Å². The number of benzene rings is 2. The van der Waals surface area contributed by atoms with Crippen LogP contribution < -0.4 is 15.0 Å². The first kappa shape index (κ1) is 19.3. The molecule has 3 rings (SSSR count). The molecule has 2 aromatic rings. The second-order valence-corrected chi connectivity index (χ2v) is 6.75. The summed E-state index contributed by atoms with van der Waals surface area (Å²) in [4.78, 5) is 16.3. The standard InChI is InChI=1S/C20H23ClFN3O2/c21-16-5-3-6-17(15-16)24-10-12-25(13-11-24)20(26)23-9-4-14-27-19-8-2-1-7-18(19)22/h1-3,5-8,15H,4,9-14H2,(H,23,26). The number of anilines is 1. The molecule has 0 aliphatic carbocycles. The monoisotopic (exact) mass is 391 g/mol. The maximum absolute atomic E-state index is 13.4. The van der Waals surface area contributed by atoms with Crippen molar-refractivity contribution in [2.45, 2.75) is 6.42 Å². The van der Waals surface area contributed by atoms with Crippen molar-refractivity contribution in [2.75, 3.05) is 44.2 Å². The summed E-state index contributed by atoms with van der Waals surface area (Å²) in [7, 11) is 0. The molecule has 144 valence electrons. The van der Waals surface area contributed by atoms with Crippen LogP contribution in [0.4, 0.5) is 14.9 Å². The number of piperazine rings is 1. The van der Waals surface area contributed by atoms with Crippen LogP contribution in [0.5, 0.6) is 5.75 Å². The Bertz CT molecular complexity index is 766. The molecule has 1 heterocycles. The molecular formula is C20H23ClFN3O2. The van der Waals surface area contributed by atoms with E-state index in [4.69, 9.17) is 16.3 Å². The van der Waals surface area contributed by atoms with Crippen LogP contribution >= 0.6 is 11.6 Å². The summed E-state index contributed by atoms with van der Waals surface area (Å²) in [6.07, 6.45) is 0.614. The van der Waals surface area contributed by atoms with Crippen LogP contribution in [-0.2, 0) is 0 Å². The number of carbonyl (C=O) groups is 1. The minimum atomic E-state index is -0.376. The number of nitrogens with one attached hydrogen (secondary N) is 1. The van der Waals surface area contributed by atoms with Gasteiger partial charge in [-0.25, -0.2) is 9.18 Å². The second-order valence-electron chi connectivity index (χ2n) is 6.32. The van der Waals surface area contributed by atoms with Gasteiger partial charge in [0.15, 0.2) is 11.6 Å². The minimum absolute atomic E-state index is 0.0772. The van der Waals surface area contributed by atoms with E-state index in [0.29, 0.717) is 37.7 Å². The van der Waals surface area contributed by atoms with Gasteiger partial charge in [0.05, 0.1) is 6.61 Å². The fraction of sp³-hybridized carbons (Fsp3) is 0.350. The first-order valence-electron chi connectivity index (χ1n) is 9.04. The molecule has 5 nitrogen and oxygen atoms in total. The highest BCUT2D eigenvalue weighted by Gasteiger charge is 2.21. The number of para-hydroxylation sites is 1. The smallest absolute Gasteiger partial charge is 0.317 e. The molecule has 0 saturated carbocycles. The zero-order chi connectivity index (χ0) is 19.1. The van der Waals surface area contributed by atoms with Gasteiger partial charge in [0, 0.05) is 43.4 Å². The average molecular weight is 392 g/mol. The fourth-order valence-corrected chi connectivity index (χ4v) is 3.15. The molecule has 0 atom stereocenters. The molecule has 0 unspecified atom stereocenters. The van der Waals surface area contributed by atoms with Crippen molar-refractivity contribution in [3.8, 4) is 5.75 Å². The maximum Gasteiger partial charge on any atom is 0.317 e. The molecule has 0 spiro atoms. The number of nitrogens with zero attached hydrogens (tertiary/aromatic N) is 2. The molecule has 0 bridgehead atoms. The van der Waals surface area contributed by atoms with E-state index < -0.39 is 0 Å². The molecule has 27 heavy (non-hydrogen) atoms. The Morgan fingerprint density at radius 2 is 1.89 bits per heavy atom. The van der Waals surface area contributed by atoms with Gasteiger partial charge < -0.3 is 19.9 Å². The number of hydrogen-bond acceptors (Lipinski definition) is 3. The van der Waals surface area contributed by atoms with Crippen LogP contribution in [0.1, 0.15) is 6.42 Å². The van der Waals surface area contributed by atoms with Crippen molar-refractivity contribution in [2.24, 2.45) is 0 Å². The number of rotatable bonds is 6. The van der Waals surface area contributed by atoms with Crippen molar-refractivity contribution < 1.29 is 13.9 Å². The van der Waals surface area contributed by atoms with E-state index >= 15 is 0 Å². The third-order valence-corrected chi connectivity index (χ3v) is 4.67. The second kappa shape index (κ2) is 9.46. The predicted molar refractivity (Wildman–Crippen MR) is 105 cm³/mol. The molecule has 2 amide bonds. The van der Waals surface area contributed by atoms with Gasteiger partial charge in [0.2, 0.25) is 0 Å². The summed E-state index contributed by atoms with van der Waals surface area (Å²) >= 11 is 6.04. The van der Waals surface area contributed by atoms with E-state index in [1.54, 1.807) is 23.1 Å². The van der Waals surface area contributed by atoms with Gasteiger partial charge in [-0.3, -0.25) is 0 Å². The average Bonchev–Trinajstić information content (AvgIpc) is 2.69. The normalized spacial score (nSPS) is 14.1. The number of carbonyl (C=O) groups excluding carboxylic acids is 1. The van der Waals surface area contributed by atoms with Crippen LogP contribution in [-0.4, -0.2) is 50.3 Å². The Kier molecular flexibility index (Phi) is 6.76. The van der Waals surface area contributed by atoms with Crippen molar-refractivity contribution >= 4 is 23.3 Å². The van der Waals surface area contributed by atoms with Gasteiger partial charge in [-0.05, 0) is 36.8 Å². The summed E-state index contributed by atoms with van der Waals surface area (Å²) in [5.74, 6) is -0.139. The third-order valence-electron chi connectivity index (χ3n) is 4.43. The van der Waals surface area contributed by atoms with Crippen molar-refractivity contribution in [3.63, 3.8) is 0 Å². The summed E-state index contributed by atoms with van der Waals surface area (Å²) in [5.41, 5.74) is 1.08. The molecule has 7 heteroatoms. The van der Waals surface area contributed by atoms with Crippen molar-refractivity contribution in [1.82, 2.24) is 10.2 Å². The lowest BCUT2D eigenvalue weighted by Gasteiger charge is -2.36. The molecule has 0 aromatic heterocycles. The van der Waals surface area contributed by atoms with E-state index in [-0.39, 0.29) is 17.6 Å². The summed E-state index contributed by atoms with van der Waals surface area (Å²) in [5, 5.41) is 3.60. The lowest BCUT2D eigenvalue weighted by atomic mass is 10.2. The number of halogens is 2. The van der Waals surface area contributed by atoms with Gasteiger partial charge in [0.1, 0.15) is 0 Å². The van der Waals surface area contributed by atoms with E-state index in [9.17, 15) is 9.18 Å². The van der Waals surface area contributed by atoms with Crippen LogP contribution in [0, 0.1) is 5.82 Å². The summed E-state index contributed by atoms with van der Waals surface area (Å²) < 4.78 is 18.8. The third kappa shape index (κ3) is 5.50. The topological polar surface area (TPSA) is 44.8 Å². The Labute approximate surface area is 163 Å². The van der Waals surface area contributed by atoms with Crippen LogP contribution in [0.2, 0.25) is 5.02 Å². The summed E-state index contributed by atoms with van der Waals surface area (Å²) in [6, 6.07) is 14.0. The highest BCUT2D eigenvalue weighted by atomic mass is 35.5. The molecule has 1 saturated heterocycles. The van der Waals surface area contributed by atoms with Crippen LogP contribution in [0.15, 0.2) is 48.5 Å². The Morgan fingerprint density at radius 1 is 1.11 bits per heavy atom. The van der Waals surface area contributed by atoms with Gasteiger partial charge in [0.25, 0.3) is 0 Å². The summed E-state index contributed by atoms with van der Waals surface area (Å²) in [6.45, 7) is 3.69. The number of ether oxygens (including phenoxy) is 1. The quantitative estimate of drug-likeness (QED) is 0.762. The fourth-order valence-electron chi connectivity index (χ4n) is 2.96. The Morgan fingerprint density at radius 3 is 2.63 bits per heavy atom. The predicted octanol–water partition coefficient (Wildman–Crippen LogP) is 3.78. The maximum atomic E-state index is 13.4. The lowest BCUT2D eigenvalue weighted by molar-refractivity contribution is 0.193. The zero-order valence-electron chi connectivity index (χ0n) is 15.0. The molecular weight excluding hydrogens is 369 g/mol. The highest BCUT2D eigenvalue weighted by molar-refractivity contribution is 6.30. The van der Waals surface area contributed by atoms with E-state index in [1.807, 2.05) is 24.3 Å². The first-order valence-corrected chi connectivity index (χ1v) is 9.42. The molecule has 1 N–H and O–H groups in total. The van der Waals surface area contributed by atoms with E-state index in [0.717, 1.165) is 18.8 Å².